The molecule has 1 N–H and O–H groups in total. The van der Waals surface area contributed by atoms with E-state index in [0.717, 1.165) is 5.56 Å². The number of rotatable bonds is 15. The van der Waals surface area contributed by atoms with Crippen LogP contribution in [0.3, 0.4) is 0 Å². The van der Waals surface area contributed by atoms with Crippen LogP contribution in [0.2, 0.25) is 0 Å². The molecule has 0 bridgehead atoms. The summed E-state index contributed by atoms with van der Waals surface area (Å²) in [4.78, 5) is 20.9. The van der Waals surface area contributed by atoms with E-state index in [2.05, 4.69) is 9.97 Å². The summed E-state index contributed by atoms with van der Waals surface area (Å²) in [6.45, 7) is 3.49. The van der Waals surface area contributed by atoms with Crippen molar-refractivity contribution in [1.82, 2.24) is 9.97 Å². The number of hydrogen-bond donors (Lipinski definition) is 1. The van der Waals surface area contributed by atoms with Gasteiger partial charge in [0.05, 0.1) is 51.5 Å². The second kappa shape index (κ2) is 18.0. The second-order valence-electron chi connectivity index (χ2n) is 11.8. The van der Waals surface area contributed by atoms with Gasteiger partial charge in [0.15, 0.2) is 17.2 Å². The van der Waals surface area contributed by atoms with Crippen molar-refractivity contribution in [2.45, 2.75) is 58.0 Å². The van der Waals surface area contributed by atoms with Gasteiger partial charge in [0.25, 0.3) is 0 Å². The molecule has 0 atom stereocenters. The van der Waals surface area contributed by atoms with E-state index in [1.807, 2.05) is 32.0 Å². The number of aromatic nitrogens is 2. The van der Waals surface area contributed by atoms with Gasteiger partial charge >= 0.3 is 47.9 Å². The summed E-state index contributed by atoms with van der Waals surface area (Å²) in [6.07, 6.45) is -7.44. The third-order valence-corrected chi connectivity index (χ3v) is 7.87. The molecule has 0 unspecified atom stereocenters. The molecule has 16 heteroatoms. The number of nitrogens with zero attached hydrogens (tertiary/aromatic N) is 3. The van der Waals surface area contributed by atoms with Crippen LogP contribution in [-0.2, 0) is 30.2 Å². The number of ether oxygens (including phenoxy) is 4. The molecule has 0 aliphatic carbocycles. The number of anilines is 1. The number of hydrogen-bond acceptors (Lipinski definition) is 8. The predicted molar refractivity (Wildman–Crippen MR) is 184 cm³/mol. The summed E-state index contributed by atoms with van der Waals surface area (Å²) in [6, 6.07) is 10.4. The van der Waals surface area contributed by atoms with Crippen LogP contribution >= 0.6 is 0 Å². The molecule has 0 amide bonds. The van der Waals surface area contributed by atoms with Gasteiger partial charge in [0.2, 0.25) is 5.95 Å². The molecular weight excluding hydrogens is 707 g/mol. The number of carbonyl (C=O) groups is 1. The number of carboxylic acid groups (broad SMARTS) is 1. The third-order valence-electron chi connectivity index (χ3n) is 7.87. The quantitative estimate of drug-likeness (QED) is 0.0734. The number of carboxylic acids is 1. The average molecular weight is 746 g/mol. The van der Waals surface area contributed by atoms with Crippen LogP contribution in [0.15, 0.2) is 60.9 Å². The molecule has 1 heterocycles. The molecule has 0 saturated heterocycles. The fraction of sp³-hybridized carbons (Fsp3) is 0.361. The molecule has 4 rings (SSSR count). The van der Waals surface area contributed by atoms with Crippen LogP contribution in [0.1, 0.15) is 60.4 Å². The van der Waals surface area contributed by atoms with Crippen molar-refractivity contribution in [3.63, 3.8) is 0 Å². The van der Waals surface area contributed by atoms with Gasteiger partial charge in [-0.1, -0.05) is 19.9 Å². The molecule has 0 aliphatic rings. The zero-order valence-corrected chi connectivity index (χ0v) is 28.5. The topological polar surface area (TPSA) is 103 Å². The van der Waals surface area contributed by atoms with E-state index >= 15 is 0 Å². The minimum atomic E-state index is -5.05. The van der Waals surface area contributed by atoms with Crippen molar-refractivity contribution < 1.29 is 55.2 Å². The van der Waals surface area contributed by atoms with Gasteiger partial charge < -0.3 is 29.0 Å². The van der Waals surface area contributed by atoms with E-state index in [1.54, 1.807) is 12.1 Å². The van der Waals surface area contributed by atoms with Crippen LogP contribution in [0.4, 0.5) is 32.3 Å². The van der Waals surface area contributed by atoms with Gasteiger partial charge in [0.1, 0.15) is 5.75 Å². The van der Waals surface area contributed by atoms with Crippen molar-refractivity contribution in [2.75, 3.05) is 32.8 Å². The van der Waals surface area contributed by atoms with Crippen LogP contribution < -0.4 is 23.8 Å². The molecule has 0 spiro atoms. The summed E-state index contributed by atoms with van der Waals surface area (Å²) in [7, 11) is 4.39. The van der Waals surface area contributed by atoms with E-state index < -0.39 is 36.0 Å². The van der Waals surface area contributed by atoms with Crippen LogP contribution in [0, 0.1) is 0 Å². The van der Waals surface area contributed by atoms with Crippen molar-refractivity contribution in [1.29, 1.82) is 0 Å². The third kappa shape index (κ3) is 10.9. The van der Waals surface area contributed by atoms with Crippen LogP contribution in [0.25, 0.3) is 11.1 Å². The Balaban J connectivity index is 0.00000729. The summed E-state index contributed by atoms with van der Waals surface area (Å²) in [5, 5.41) is 8.86. The van der Waals surface area contributed by atoms with Gasteiger partial charge in [-0.3, -0.25) is 4.79 Å². The molecule has 0 aliphatic heterocycles. The number of methoxy groups -OCH3 is 3. The fourth-order valence-corrected chi connectivity index (χ4v) is 5.29. The van der Waals surface area contributed by atoms with Gasteiger partial charge in [-0.25, -0.2) is 9.97 Å². The van der Waals surface area contributed by atoms with Crippen LogP contribution in [0.5, 0.6) is 23.0 Å². The Bertz CT molecular complexity index is 1790. The van der Waals surface area contributed by atoms with E-state index in [1.165, 1.54) is 38.6 Å². The van der Waals surface area contributed by atoms with Crippen LogP contribution in [-0.4, -0.2) is 78.5 Å². The van der Waals surface area contributed by atoms with E-state index in [9.17, 15) is 31.1 Å². The van der Waals surface area contributed by atoms with E-state index in [0.29, 0.717) is 46.1 Å². The van der Waals surface area contributed by atoms with Gasteiger partial charge in [-0.2, -0.15) is 26.3 Å². The second-order valence-corrected chi connectivity index (χ2v) is 11.8. The first kappa shape index (κ1) is 42.2. The molecule has 0 saturated carbocycles. The van der Waals surface area contributed by atoms with Crippen molar-refractivity contribution in [3.05, 3.63) is 88.7 Å². The van der Waals surface area contributed by atoms with E-state index in [4.69, 9.17) is 24.1 Å². The first-order valence-corrected chi connectivity index (χ1v) is 15.7. The Morgan fingerprint density at radius 3 is 1.88 bits per heavy atom. The van der Waals surface area contributed by atoms with Crippen molar-refractivity contribution >= 4 is 41.5 Å². The van der Waals surface area contributed by atoms with Gasteiger partial charge in [-0.15, -0.1) is 0 Å². The predicted octanol–water partition coefficient (Wildman–Crippen LogP) is 8.13. The maximum absolute atomic E-state index is 13.8. The number of aliphatic carboxylic acids is 1. The number of benzene rings is 3. The summed E-state index contributed by atoms with van der Waals surface area (Å²) in [5.41, 5.74) is -0.446. The zero-order chi connectivity index (χ0) is 37.5. The molecule has 52 heavy (non-hydrogen) atoms. The molecule has 9 nitrogen and oxygen atoms in total. The van der Waals surface area contributed by atoms with Gasteiger partial charge in [0, 0.05) is 25.1 Å². The summed E-state index contributed by atoms with van der Waals surface area (Å²) in [5.74, 6) is 0.483. The average Bonchev–Trinajstić information content (AvgIpc) is 3.08. The summed E-state index contributed by atoms with van der Waals surface area (Å²) < 4.78 is 105. The summed E-state index contributed by atoms with van der Waals surface area (Å²) >= 11 is 0. The Morgan fingerprint density at radius 1 is 0.788 bits per heavy atom. The Kier molecular flexibility index (Phi) is 14.6. The molecule has 4 aromatic rings. The molecule has 276 valence electrons. The first-order valence-electron chi connectivity index (χ1n) is 15.7. The minimum absolute atomic E-state index is 0. The fourth-order valence-electron chi connectivity index (χ4n) is 5.29. The molecule has 3 aromatic carbocycles. The molecule has 0 fully saturated rings. The maximum atomic E-state index is 13.8. The molecule has 1 aromatic heterocycles. The normalized spacial score (nSPS) is 11.5. The number of alkyl halides is 6. The zero-order valence-electron chi connectivity index (χ0n) is 28.5. The monoisotopic (exact) mass is 745 g/mol. The standard InChI is InChI=1S/C36H37F6N3O6.Na.H/c1-21(2)23-8-9-30(48-3)29(13-23)28-16-32(50-5)31(49-4)14-24(28)20-45(34-43-17-27(18-44-34)51-10-6-7-33(46)47)19-22-11-25(35(37,38)39)15-26(12-22)36(40,41)42;;/h8-9,11-18,21H,6-7,10,19-20H2,1-5H3,(H,46,47);;. The van der Waals surface area contributed by atoms with Gasteiger partial charge in [-0.05, 0) is 77.1 Å². The van der Waals surface area contributed by atoms with E-state index in [-0.39, 0.29) is 84.8 Å². The molecule has 0 radical (unpaired) electrons. The number of halogens is 6. The Hall–Kier alpha value is -4.21. The SMILES string of the molecule is COc1cc(CN(Cc2cc(C(F)(F)F)cc(C(F)(F)F)c2)c2ncc(OCCCC(=O)O)cn2)c(-c2cc(C(C)C)ccc2OC)cc1OC.[NaH]. The Labute approximate surface area is 319 Å². The Morgan fingerprint density at radius 2 is 1.37 bits per heavy atom. The van der Waals surface area contributed by atoms with Crippen molar-refractivity contribution in [2.24, 2.45) is 0 Å². The molecular formula is C36H38F6N3NaO6. The van der Waals surface area contributed by atoms with Crippen molar-refractivity contribution in [3.8, 4) is 34.1 Å². The first-order chi connectivity index (χ1) is 24.0.